The molecule has 1 N–H and O–H groups in total. The Morgan fingerprint density at radius 3 is 2.89 bits per heavy atom. The first-order valence-electron chi connectivity index (χ1n) is 7.22. The van der Waals surface area contributed by atoms with Crippen LogP contribution in [0, 0.1) is 0 Å². The lowest BCUT2D eigenvalue weighted by molar-refractivity contribution is -0.115. The highest BCUT2D eigenvalue weighted by Gasteiger charge is 2.40. The van der Waals surface area contributed by atoms with Crippen LogP contribution in [-0.4, -0.2) is 10.9 Å². The molecule has 1 unspecified atom stereocenters. The zero-order valence-corrected chi connectivity index (χ0v) is 11.4. The normalized spacial score (nSPS) is 26.2. The predicted octanol–water partition coefficient (Wildman–Crippen LogP) is 3.67. The minimum atomic E-state index is 0.0352. The first kappa shape index (κ1) is 12.5. The van der Waals surface area contributed by atoms with Gasteiger partial charge in [0.1, 0.15) is 5.75 Å². The minimum Gasteiger partial charge on any atom is -0.508 e. The number of aromatic hydroxyl groups is 1. The van der Waals surface area contributed by atoms with E-state index in [0.29, 0.717) is 12.2 Å². The van der Waals surface area contributed by atoms with Crippen LogP contribution >= 0.6 is 0 Å². The maximum atomic E-state index is 11.7. The molecular formula is C17H20O2. The zero-order valence-electron chi connectivity index (χ0n) is 11.4. The van der Waals surface area contributed by atoms with Crippen LogP contribution in [0.3, 0.4) is 0 Å². The van der Waals surface area contributed by atoms with Gasteiger partial charge in [0.15, 0.2) is 5.78 Å². The van der Waals surface area contributed by atoms with E-state index < -0.39 is 0 Å². The van der Waals surface area contributed by atoms with Gasteiger partial charge in [0.25, 0.3) is 0 Å². The van der Waals surface area contributed by atoms with Gasteiger partial charge in [-0.25, -0.2) is 0 Å². The Kier molecular flexibility index (Phi) is 2.96. The molecule has 0 radical (unpaired) electrons. The number of rotatable bonds is 1. The molecule has 0 spiro atoms. The molecule has 0 aliphatic heterocycles. The second-order valence-corrected chi connectivity index (χ2v) is 5.77. The fourth-order valence-electron chi connectivity index (χ4n) is 3.84. The number of phenols is 1. The van der Waals surface area contributed by atoms with E-state index in [4.69, 9.17) is 0 Å². The molecule has 0 saturated carbocycles. The fraction of sp³-hybridized carbons (Fsp3) is 0.471. The summed E-state index contributed by atoms with van der Waals surface area (Å²) in [6.45, 7) is 2.21. The van der Waals surface area contributed by atoms with Crippen LogP contribution in [0.15, 0.2) is 29.8 Å². The van der Waals surface area contributed by atoms with Crippen molar-refractivity contribution in [2.45, 2.75) is 50.9 Å². The van der Waals surface area contributed by atoms with Gasteiger partial charge in [0.05, 0.1) is 0 Å². The van der Waals surface area contributed by atoms with Crippen LogP contribution in [0.1, 0.15) is 50.2 Å². The Hall–Kier alpha value is -1.57. The lowest BCUT2D eigenvalue weighted by Gasteiger charge is -2.38. The molecule has 0 amide bonds. The van der Waals surface area contributed by atoms with Crippen molar-refractivity contribution in [3.05, 3.63) is 41.0 Å². The van der Waals surface area contributed by atoms with Crippen molar-refractivity contribution in [3.8, 4) is 5.75 Å². The van der Waals surface area contributed by atoms with E-state index in [1.807, 2.05) is 12.1 Å². The van der Waals surface area contributed by atoms with E-state index in [1.54, 1.807) is 6.07 Å². The number of carbonyl (C=O) groups is 1. The van der Waals surface area contributed by atoms with E-state index in [0.717, 1.165) is 32.1 Å². The van der Waals surface area contributed by atoms with Crippen molar-refractivity contribution in [2.24, 2.45) is 0 Å². The average molecular weight is 256 g/mol. The molecule has 1 aromatic carbocycles. The topological polar surface area (TPSA) is 37.3 Å². The summed E-state index contributed by atoms with van der Waals surface area (Å²) in [6, 6.07) is 5.77. The summed E-state index contributed by atoms with van der Waals surface area (Å²) in [5.74, 6) is 0.630. The summed E-state index contributed by atoms with van der Waals surface area (Å²) in [4.78, 5) is 11.7. The van der Waals surface area contributed by atoms with Gasteiger partial charge in [0.2, 0.25) is 0 Å². The van der Waals surface area contributed by atoms with E-state index in [2.05, 4.69) is 13.0 Å². The highest BCUT2D eigenvalue weighted by molar-refractivity contribution is 5.92. The van der Waals surface area contributed by atoms with Crippen molar-refractivity contribution in [2.75, 3.05) is 0 Å². The van der Waals surface area contributed by atoms with Gasteiger partial charge in [-0.15, -0.1) is 0 Å². The Bertz CT molecular complexity index is 556. The number of hydrogen-bond donors (Lipinski definition) is 1. The first-order chi connectivity index (χ1) is 9.15. The average Bonchev–Trinajstić information content (AvgIpc) is 2.55. The lowest BCUT2D eigenvalue weighted by atomic mass is 9.65. The van der Waals surface area contributed by atoms with Crippen LogP contribution < -0.4 is 0 Å². The molecule has 2 nitrogen and oxygen atoms in total. The van der Waals surface area contributed by atoms with E-state index >= 15 is 0 Å². The van der Waals surface area contributed by atoms with Gasteiger partial charge in [-0.05, 0) is 61.4 Å². The lowest BCUT2D eigenvalue weighted by Crippen LogP contribution is -2.32. The maximum absolute atomic E-state index is 11.7. The number of aryl methyl sites for hydroxylation is 1. The number of allylic oxidation sites excluding steroid dienone is 2. The smallest absolute Gasteiger partial charge is 0.155 e. The number of phenolic OH excluding ortho intramolecular Hbond substituents is 1. The van der Waals surface area contributed by atoms with Gasteiger partial charge < -0.3 is 5.11 Å². The van der Waals surface area contributed by atoms with Crippen LogP contribution in [0.25, 0.3) is 0 Å². The maximum Gasteiger partial charge on any atom is 0.155 e. The SMILES string of the molecule is CCC12CCC(=O)C=C1CCCc1cc(O)ccc12. The number of ketones is 1. The molecule has 0 heterocycles. The van der Waals surface area contributed by atoms with Crippen LogP contribution in [0.2, 0.25) is 0 Å². The Balaban J connectivity index is 2.21. The van der Waals surface area contributed by atoms with Crippen molar-refractivity contribution in [1.82, 2.24) is 0 Å². The van der Waals surface area contributed by atoms with Crippen molar-refractivity contribution in [3.63, 3.8) is 0 Å². The highest BCUT2D eigenvalue weighted by atomic mass is 16.3. The van der Waals surface area contributed by atoms with Gasteiger partial charge in [0, 0.05) is 11.8 Å². The molecule has 1 aromatic rings. The molecule has 0 fully saturated rings. The molecule has 1 atom stereocenters. The Morgan fingerprint density at radius 2 is 2.11 bits per heavy atom. The van der Waals surface area contributed by atoms with Gasteiger partial charge in [-0.1, -0.05) is 18.6 Å². The van der Waals surface area contributed by atoms with E-state index in [1.165, 1.54) is 16.7 Å². The van der Waals surface area contributed by atoms with Crippen LogP contribution in [-0.2, 0) is 16.6 Å². The molecule has 3 rings (SSSR count). The molecule has 0 aromatic heterocycles. The second-order valence-electron chi connectivity index (χ2n) is 5.77. The molecule has 0 saturated heterocycles. The summed E-state index contributed by atoms with van der Waals surface area (Å²) in [6.07, 6.45) is 7.58. The van der Waals surface area contributed by atoms with E-state index in [9.17, 15) is 9.90 Å². The molecule has 2 aliphatic rings. The monoisotopic (exact) mass is 256 g/mol. The summed E-state index contributed by atoms with van der Waals surface area (Å²) in [7, 11) is 0. The molecule has 0 bridgehead atoms. The predicted molar refractivity (Wildman–Crippen MR) is 75.3 cm³/mol. The molecular weight excluding hydrogens is 236 g/mol. The largest absolute Gasteiger partial charge is 0.508 e. The Morgan fingerprint density at radius 1 is 1.26 bits per heavy atom. The van der Waals surface area contributed by atoms with Crippen molar-refractivity contribution >= 4 is 5.78 Å². The van der Waals surface area contributed by atoms with E-state index in [-0.39, 0.29) is 11.2 Å². The van der Waals surface area contributed by atoms with Gasteiger partial charge in [-0.3, -0.25) is 4.79 Å². The number of carbonyl (C=O) groups excluding carboxylic acids is 1. The van der Waals surface area contributed by atoms with Gasteiger partial charge >= 0.3 is 0 Å². The van der Waals surface area contributed by atoms with Crippen LogP contribution in [0.5, 0.6) is 5.75 Å². The third kappa shape index (κ3) is 1.90. The summed E-state index contributed by atoms with van der Waals surface area (Å²) in [5, 5.41) is 9.71. The quantitative estimate of drug-likeness (QED) is 0.832. The molecule has 2 heteroatoms. The fourth-order valence-corrected chi connectivity index (χ4v) is 3.84. The third-order valence-electron chi connectivity index (χ3n) is 4.85. The highest BCUT2D eigenvalue weighted by Crippen LogP contribution is 2.48. The minimum absolute atomic E-state index is 0.0352. The van der Waals surface area contributed by atoms with Gasteiger partial charge in [-0.2, -0.15) is 0 Å². The standard InChI is InChI=1S/C17H20O2/c1-2-17-9-8-15(19)11-13(17)5-3-4-12-10-14(18)6-7-16(12)17/h6-7,10-11,18H,2-5,8-9H2,1H3. The summed E-state index contributed by atoms with van der Waals surface area (Å²) >= 11 is 0. The molecule has 19 heavy (non-hydrogen) atoms. The number of hydrogen-bond acceptors (Lipinski definition) is 2. The summed E-state index contributed by atoms with van der Waals surface area (Å²) < 4.78 is 0. The van der Waals surface area contributed by atoms with Crippen LogP contribution in [0.4, 0.5) is 0 Å². The third-order valence-corrected chi connectivity index (χ3v) is 4.85. The summed E-state index contributed by atoms with van der Waals surface area (Å²) in [5.41, 5.74) is 3.95. The number of fused-ring (bicyclic) bond motifs is 3. The van der Waals surface area contributed by atoms with Crippen molar-refractivity contribution in [1.29, 1.82) is 0 Å². The second kappa shape index (κ2) is 4.52. The molecule has 2 aliphatic carbocycles. The first-order valence-corrected chi connectivity index (χ1v) is 7.22. The number of benzene rings is 1. The zero-order chi connectivity index (χ0) is 13.5. The Labute approximate surface area is 114 Å². The van der Waals surface area contributed by atoms with Crippen molar-refractivity contribution < 1.29 is 9.90 Å². The molecule has 100 valence electrons.